The average molecular weight is 367 g/mol. The third kappa shape index (κ3) is 3.21. The second kappa shape index (κ2) is 5.85. The Bertz CT molecular complexity index is 600. The molecule has 0 amide bonds. The lowest BCUT2D eigenvalue weighted by Gasteiger charge is -2.40. The van der Waals surface area contributed by atoms with E-state index >= 15 is 0 Å². The summed E-state index contributed by atoms with van der Waals surface area (Å²) in [4.78, 5) is 0. The first-order valence-corrected chi connectivity index (χ1v) is 9.55. The van der Waals surface area contributed by atoms with Crippen LogP contribution in [0.15, 0.2) is 0 Å². The van der Waals surface area contributed by atoms with Crippen LogP contribution in [0.25, 0.3) is 0 Å². The van der Waals surface area contributed by atoms with Crippen LogP contribution < -0.4 is 5.14 Å². The summed E-state index contributed by atoms with van der Waals surface area (Å²) in [5.74, 6) is -3.11. The van der Waals surface area contributed by atoms with E-state index in [1.165, 1.54) is 0 Å². The van der Waals surface area contributed by atoms with Gasteiger partial charge in [0.05, 0.1) is 6.61 Å². The Balaban J connectivity index is 1.89. The summed E-state index contributed by atoms with van der Waals surface area (Å²) < 4.78 is 57.1. The smallest absolute Gasteiger partial charge is 0.333 e. The highest BCUT2D eigenvalue weighted by Gasteiger charge is 2.66. The molecule has 9 nitrogen and oxygen atoms in total. The van der Waals surface area contributed by atoms with Crippen molar-refractivity contribution >= 4 is 10.3 Å². The largest absolute Gasteiger partial charge is 0.343 e. The lowest BCUT2D eigenvalue weighted by Crippen LogP contribution is -2.60. The molecular formula is C14H25NO8S. The summed E-state index contributed by atoms with van der Waals surface area (Å²) in [6.45, 7) is 7.22. The van der Waals surface area contributed by atoms with E-state index in [-0.39, 0.29) is 12.7 Å². The Morgan fingerprint density at radius 3 is 2.38 bits per heavy atom. The molecule has 0 unspecified atom stereocenters. The lowest BCUT2D eigenvalue weighted by atomic mass is 9.98. The first kappa shape index (κ1) is 18.5. The van der Waals surface area contributed by atoms with E-state index in [9.17, 15) is 8.42 Å². The molecule has 0 aromatic carbocycles. The fourth-order valence-corrected chi connectivity index (χ4v) is 3.59. The number of hydrogen-bond donors (Lipinski definition) is 1. The molecule has 0 aromatic heterocycles. The minimum atomic E-state index is -4.15. The molecule has 6 atom stereocenters. The predicted octanol–water partition coefficient (Wildman–Crippen LogP) is 0.385. The maximum absolute atomic E-state index is 11.2. The highest BCUT2D eigenvalue weighted by Crippen LogP contribution is 2.49. The summed E-state index contributed by atoms with van der Waals surface area (Å²) in [5, 5.41) is 4.95. The third-order valence-electron chi connectivity index (χ3n) is 4.85. The van der Waals surface area contributed by atoms with Crippen LogP contribution in [0.2, 0.25) is 0 Å². The van der Waals surface area contributed by atoms with Crippen LogP contribution in [0.4, 0.5) is 0 Å². The Morgan fingerprint density at radius 1 is 1.12 bits per heavy atom. The van der Waals surface area contributed by atoms with Gasteiger partial charge in [0.25, 0.3) is 0 Å². The molecule has 0 bridgehead atoms. The van der Waals surface area contributed by atoms with Gasteiger partial charge in [-0.3, -0.25) is 4.18 Å². The van der Waals surface area contributed by atoms with Crippen LogP contribution in [0.3, 0.4) is 0 Å². The van der Waals surface area contributed by atoms with Crippen molar-refractivity contribution in [1.82, 2.24) is 0 Å². The molecule has 0 radical (unpaired) electrons. The van der Waals surface area contributed by atoms with Crippen LogP contribution >= 0.6 is 0 Å². The molecule has 3 aliphatic rings. The van der Waals surface area contributed by atoms with Crippen molar-refractivity contribution < 1.29 is 36.3 Å². The monoisotopic (exact) mass is 367 g/mol. The first-order valence-electron chi connectivity index (χ1n) is 8.08. The molecule has 24 heavy (non-hydrogen) atoms. The van der Waals surface area contributed by atoms with Crippen LogP contribution in [0.5, 0.6) is 0 Å². The van der Waals surface area contributed by atoms with Crippen molar-refractivity contribution in [2.45, 2.75) is 76.2 Å². The maximum Gasteiger partial charge on any atom is 0.333 e. The topological polar surface area (TPSA) is 116 Å². The van der Waals surface area contributed by atoms with Crippen molar-refractivity contribution in [1.29, 1.82) is 0 Å². The molecule has 140 valence electrons. The zero-order valence-corrected chi connectivity index (χ0v) is 15.1. The van der Waals surface area contributed by atoms with E-state index in [4.69, 9.17) is 33.0 Å². The second-order valence-corrected chi connectivity index (χ2v) is 7.95. The fraction of sp³-hybridized carbons (Fsp3) is 1.00. The van der Waals surface area contributed by atoms with Crippen LogP contribution in [-0.4, -0.2) is 57.3 Å². The van der Waals surface area contributed by atoms with Crippen molar-refractivity contribution in [2.75, 3.05) is 13.2 Å². The summed E-state index contributed by atoms with van der Waals surface area (Å²) in [7, 11) is -4.15. The van der Waals surface area contributed by atoms with Gasteiger partial charge in [-0.05, 0) is 26.7 Å². The summed E-state index contributed by atoms with van der Waals surface area (Å²) in [6.07, 6.45) is -0.296. The van der Waals surface area contributed by atoms with Gasteiger partial charge < -0.3 is 23.7 Å². The normalized spacial score (nSPS) is 48.3. The number of ether oxygens (including phenoxy) is 5. The molecule has 0 spiro atoms. The van der Waals surface area contributed by atoms with Crippen molar-refractivity contribution in [3.63, 3.8) is 0 Å². The van der Waals surface area contributed by atoms with E-state index in [0.717, 1.165) is 0 Å². The highest BCUT2D eigenvalue weighted by molar-refractivity contribution is 7.84. The molecule has 0 aliphatic carbocycles. The molecule has 3 fully saturated rings. The van der Waals surface area contributed by atoms with Crippen molar-refractivity contribution in [3.05, 3.63) is 0 Å². The van der Waals surface area contributed by atoms with E-state index in [2.05, 4.69) is 0 Å². The second-order valence-electron chi connectivity index (χ2n) is 6.73. The summed E-state index contributed by atoms with van der Waals surface area (Å²) in [6, 6.07) is 0. The molecular weight excluding hydrogens is 342 g/mol. The molecule has 0 aromatic rings. The fourth-order valence-electron chi connectivity index (χ4n) is 3.26. The number of nitrogens with two attached hydrogens (primary N) is 1. The van der Waals surface area contributed by atoms with Gasteiger partial charge in [-0.25, -0.2) is 5.14 Å². The van der Waals surface area contributed by atoms with Gasteiger partial charge in [-0.1, -0.05) is 13.8 Å². The van der Waals surface area contributed by atoms with Gasteiger partial charge >= 0.3 is 10.3 Å². The highest BCUT2D eigenvalue weighted by atomic mass is 32.2. The molecule has 3 aliphatic heterocycles. The summed E-state index contributed by atoms with van der Waals surface area (Å²) >= 11 is 0. The number of hydrogen-bond acceptors (Lipinski definition) is 8. The van der Waals surface area contributed by atoms with Gasteiger partial charge in [-0.2, -0.15) is 8.42 Å². The minimum Gasteiger partial charge on any atom is -0.343 e. The van der Waals surface area contributed by atoms with E-state index in [0.29, 0.717) is 12.8 Å². The van der Waals surface area contributed by atoms with Crippen LogP contribution in [0.1, 0.15) is 40.5 Å². The van der Waals surface area contributed by atoms with Gasteiger partial charge in [0.2, 0.25) is 5.79 Å². The van der Waals surface area contributed by atoms with Crippen LogP contribution in [-0.2, 0) is 38.2 Å². The van der Waals surface area contributed by atoms with Gasteiger partial charge in [0.15, 0.2) is 11.6 Å². The van der Waals surface area contributed by atoms with Gasteiger partial charge in [-0.15, -0.1) is 0 Å². The zero-order valence-electron chi connectivity index (χ0n) is 14.3. The lowest BCUT2D eigenvalue weighted by molar-refractivity contribution is -0.293. The number of rotatable bonds is 5. The Labute approximate surface area is 141 Å². The van der Waals surface area contributed by atoms with Crippen LogP contribution in [0, 0.1) is 0 Å². The Kier molecular flexibility index (Phi) is 4.50. The third-order valence-corrected chi connectivity index (χ3v) is 5.30. The van der Waals surface area contributed by atoms with Gasteiger partial charge in [0, 0.05) is 0 Å². The quantitative estimate of drug-likeness (QED) is 0.742. The minimum absolute atomic E-state index is 0.174. The Morgan fingerprint density at radius 2 is 1.79 bits per heavy atom. The van der Waals surface area contributed by atoms with E-state index in [1.807, 2.05) is 20.8 Å². The molecule has 3 heterocycles. The number of fused-ring (bicyclic) bond motifs is 3. The van der Waals surface area contributed by atoms with Crippen molar-refractivity contribution in [2.24, 2.45) is 5.14 Å². The molecule has 10 heteroatoms. The van der Waals surface area contributed by atoms with Gasteiger partial charge in [0.1, 0.15) is 24.9 Å². The average Bonchev–Trinajstić information content (AvgIpc) is 3.00. The standard InChI is InChI=1S/C14H25NO8S/c1-5-12(3)20-9-7-18-14(8-19-24(15,16)17)11(10(9)21-12)22-13(4,6-2)23-14/h9-11H,5-8H2,1-4H3,(H2,15,16,17)/t9-,10-,11+,12-,13-,14+/m1/s1. The summed E-state index contributed by atoms with van der Waals surface area (Å²) in [5.41, 5.74) is 0. The molecule has 3 rings (SSSR count). The first-order chi connectivity index (χ1) is 11.0. The van der Waals surface area contributed by atoms with Crippen molar-refractivity contribution in [3.8, 4) is 0 Å². The van der Waals surface area contributed by atoms with E-state index in [1.54, 1.807) is 6.92 Å². The predicted molar refractivity (Wildman–Crippen MR) is 80.8 cm³/mol. The molecule has 3 saturated heterocycles. The maximum atomic E-state index is 11.2. The molecule has 2 N–H and O–H groups in total. The molecule has 0 saturated carbocycles. The van der Waals surface area contributed by atoms with E-state index < -0.39 is 46.5 Å². The SMILES string of the molecule is CC[C@@]1(C)O[C@@H]2[C@@H](CO[C@@]3(COS(N)(=O)=O)O[C@](C)(CC)O[C@@H]23)O1. The Hall–Kier alpha value is -0.330. The zero-order chi connectivity index (χ0) is 17.8.